The van der Waals surface area contributed by atoms with Gasteiger partial charge in [-0.05, 0) is 32.6 Å². The van der Waals surface area contributed by atoms with E-state index in [4.69, 9.17) is 9.47 Å². The summed E-state index contributed by atoms with van der Waals surface area (Å²) in [4.78, 5) is 13.1. The van der Waals surface area contributed by atoms with E-state index in [1.54, 1.807) is 21.1 Å². The zero-order valence-corrected chi connectivity index (χ0v) is 14.8. The Kier molecular flexibility index (Phi) is 5.50. The second kappa shape index (κ2) is 7.61. The molecule has 3 heterocycles. The first kappa shape index (κ1) is 17.4. The van der Waals surface area contributed by atoms with Crippen LogP contribution in [0.2, 0.25) is 0 Å². The van der Waals surface area contributed by atoms with Crippen LogP contribution in [0.4, 0.5) is 16.2 Å². The number of nitrogens with zero attached hydrogens (tertiary/aromatic N) is 4. The molecule has 0 spiro atoms. The second-order valence-electron chi connectivity index (χ2n) is 6.64. The first-order valence-corrected chi connectivity index (χ1v) is 8.72. The SMILES string of the molecule is CO[C@@H]1CCCN(c2nc(C)c(F)c(N3CCC[C@@H](OC)C3)n2)C1. The molecule has 2 aliphatic heterocycles. The summed E-state index contributed by atoms with van der Waals surface area (Å²) in [6.45, 7) is 4.81. The van der Waals surface area contributed by atoms with E-state index >= 15 is 0 Å². The average molecular weight is 338 g/mol. The van der Waals surface area contributed by atoms with Crippen molar-refractivity contribution in [1.82, 2.24) is 9.97 Å². The van der Waals surface area contributed by atoms with Crippen molar-refractivity contribution < 1.29 is 13.9 Å². The van der Waals surface area contributed by atoms with Crippen LogP contribution in [0.25, 0.3) is 0 Å². The van der Waals surface area contributed by atoms with Gasteiger partial charge in [-0.1, -0.05) is 0 Å². The number of anilines is 2. The summed E-state index contributed by atoms with van der Waals surface area (Å²) in [6.07, 6.45) is 4.37. The zero-order valence-electron chi connectivity index (χ0n) is 14.8. The van der Waals surface area contributed by atoms with E-state index in [2.05, 4.69) is 14.9 Å². The third-order valence-corrected chi connectivity index (χ3v) is 4.99. The number of rotatable bonds is 4. The quantitative estimate of drug-likeness (QED) is 0.838. The maximum atomic E-state index is 14.7. The molecule has 2 saturated heterocycles. The predicted octanol–water partition coefficient (Wildman–Crippen LogP) is 2.15. The molecule has 0 saturated carbocycles. The lowest BCUT2D eigenvalue weighted by Crippen LogP contribution is -2.42. The minimum Gasteiger partial charge on any atom is -0.380 e. The number of halogens is 1. The molecule has 134 valence electrons. The van der Waals surface area contributed by atoms with Crippen LogP contribution < -0.4 is 9.80 Å². The Balaban J connectivity index is 1.85. The molecule has 7 heteroatoms. The molecule has 6 nitrogen and oxygen atoms in total. The molecule has 0 aliphatic carbocycles. The molecule has 3 rings (SSSR count). The number of ether oxygens (including phenoxy) is 2. The first-order chi connectivity index (χ1) is 11.6. The highest BCUT2D eigenvalue weighted by atomic mass is 19.1. The molecular formula is C17H27FN4O2. The van der Waals surface area contributed by atoms with Crippen molar-refractivity contribution in [1.29, 1.82) is 0 Å². The van der Waals surface area contributed by atoms with Gasteiger partial charge in [0, 0.05) is 40.4 Å². The fourth-order valence-corrected chi connectivity index (χ4v) is 3.52. The summed E-state index contributed by atoms with van der Waals surface area (Å²) >= 11 is 0. The smallest absolute Gasteiger partial charge is 0.227 e. The molecular weight excluding hydrogens is 311 g/mol. The van der Waals surface area contributed by atoms with Gasteiger partial charge < -0.3 is 19.3 Å². The van der Waals surface area contributed by atoms with Crippen LogP contribution >= 0.6 is 0 Å². The first-order valence-electron chi connectivity index (χ1n) is 8.72. The Hall–Kier alpha value is -1.47. The molecule has 0 unspecified atom stereocenters. The van der Waals surface area contributed by atoms with Crippen molar-refractivity contribution in [3.63, 3.8) is 0 Å². The Morgan fingerprint density at radius 1 is 0.958 bits per heavy atom. The van der Waals surface area contributed by atoms with Gasteiger partial charge in [0.1, 0.15) is 0 Å². The Morgan fingerprint density at radius 3 is 2.17 bits per heavy atom. The van der Waals surface area contributed by atoms with Crippen LogP contribution in [-0.2, 0) is 9.47 Å². The van der Waals surface area contributed by atoms with Crippen molar-refractivity contribution >= 4 is 11.8 Å². The third kappa shape index (κ3) is 3.62. The molecule has 1 aromatic heterocycles. The molecule has 0 N–H and O–H groups in total. The fraction of sp³-hybridized carbons (Fsp3) is 0.765. The summed E-state index contributed by atoms with van der Waals surface area (Å²) in [6, 6.07) is 0. The van der Waals surface area contributed by atoms with E-state index in [9.17, 15) is 4.39 Å². The van der Waals surface area contributed by atoms with Gasteiger partial charge in [0.15, 0.2) is 11.6 Å². The summed E-state index contributed by atoms with van der Waals surface area (Å²) in [5.41, 5.74) is 0.397. The van der Waals surface area contributed by atoms with Gasteiger partial charge >= 0.3 is 0 Å². The lowest BCUT2D eigenvalue weighted by molar-refractivity contribution is 0.0884. The normalized spacial score (nSPS) is 25.2. The lowest BCUT2D eigenvalue weighted by atomic mass is 10.1. The van der Waals surface area contributed by atoms with Crippen LogP contribution in [-0.4, -0.2) is 62.6 Å². The molecule has 2 fully saturated rings. The Bertz CT molecular complexity index is 572. The van der Waals surface area contributed by atoms with Gasteiger partial charge in [-0.3, -0.25) is 0 Å². The van der Waals surface area contributed by atoms with Crippen molar-refractivity contribution in [2.75, 3.05) is 50.2 Å². The van der Waals surface area contributed by atoms with Crippen LogP contribution in [0.1, 0.15) is 31.4 Å². The van der Waals surface area contributed by atoms with Crippen molar-refractivity contribution in [3.8, 4) is 0 Å². The molecule has 0 amide bonds. The summed E-state index contributed by atoms with van der Waals surface area (Å²) in [7, 11) is 3.44. The monoisotopic (exact) mass is 338 g/mol. The Labute approximate surface area is 143 Å². The number of hydrogen-bond donors (Lipinski definition) is 0. The van der Waals surface area contributed by atoms with Crippen molar-refractivity contribution in [2.24, 2.45) is 0 Å². The number of methoxy groups -OCH3 is 2. The second-order valence-corrected chi connectivity index (χ2v) is 6.64. The van der Waals surface area contributed by atoms with Gasteiger partial charge in [-0.25, -0.2) is 9.37 Å². The topological polar surface area (TPSA) is 50.7 Å². The van der Waals surface area contributed by atoms with E-state index in [-0.39, 0.29) is 18.0 Å². The van der Waals surface area contributed by atoms with Crippen LogP contribution in [0.3, 0.4) is 0 Å². The van der Waals surface area contributed by atoms with E-state index in [0.717, 1.165) is 45.3 Å². The van der Waals surface area contributed by atoms with Crippen LogP contribution in [0.5, 0.6) is 0 Å². The molecule has 2 atom stereocenters. The summed E-state index contributed by atoms with van der Waals surface area (Å²) in [5.74, 6) is 0.680. The fourth-order valence-electron chi connectivity index (χ4n) is 3.52. The molecule has 0 aromatic carbocycles. The van der Waals surface area contributed by atoms with E-state index in [0.29, 0.717) is 24.0 Å². The third-order valence-electron chi connectivity index (χ3n) is 4.99. The van der Waals surface area contributed by atoms with Crippen LogP contribution in [0.15, 0.2) is 0 Å². The van der Waals surface area contributed by atoms with Crippen LogP contribution in [0, 0.1) is 12.7 Å². The average Bonchev–Trinajstić information content (AvgIpc) is 2.64. The number of aromatic nitrogens is 2. The zero-order chi connectivity index (χ0) is 17.1. The number of aryl methyl sites for hydroxylation is 1. The van der Waals surface area contributed by atoms with Gasteiger partial charge in [-0.2, -0.15) is 4.98 Å². The molecule has 1 aromatic rings. The highest BCUT2D eigenvalue weighted by Crippen LogP contribution is 2.27. The predicted molar refractivity (Wildman–Crippen MR) is 91.2 cm³/mol. The van der Waals surface area contributed by atoms with Gasteiger partial charge in [0.05, 0.1) is 17.9 Å². The Morgan fingerprint density at radius 2 is 1.54 bits per heavy atom. The number of hydrogen-bond acceptors (Lipinski definition) is 6. The number of piperidine rings is 2. The molecule has 0 radical (unpaired) electrons. The standard InChI is InChI=1S/C17H27FN4O2/c1-12-15(18)16(21-8-4-6-13(10-21)23-2)20-17(19-12)22-9-5-7-14(11-22)24-3/h13-14H,4-11H2,1-3H3/t13-,14-/m1/s1. The highest BCUT2D eigenvalue weighted by Gasteiger charge is 2.27. The minimum absolute atomic E-state index is 0.129. The highest BCUT2D eigenvalue weighted by molar-refractivity contribution is 5.48. The van der Waals surface area contributed by atoms with Gasteiger partial charge in [0.25, 0.3) is 0 Å². The summed E-state index contributed by atoms with van der Waals surface area (Å²) in [5, 5.41) is 0. The maximum absolute atomic E-state index is 14.7. The summed E-state index contributed by atoms with van der Waals surface area (Å²) < 4.78 is 25.6. The molecule has 2 aliphatic rings. The minimum atomic E-state index is -0.323. The van der Waals surface area contributed by atoms with E-state index in [1.807, 2.05) is 4.90 Å². The van der Waals surface area contributed by atoms with E-state index in [1.165, 1.54) is 0 Å². The maximum Gasteiger partial charge on any atom is 0.227 e. The lowest BCUT2D eigenvalue weighted by Gasteiger charge is -2.35. The molecule has 0 bridgehead atoms. The molecule has 24 heavy (non-hydrogen) atoms. The van der Waals surface area contributed by atoms with E-state index < -0.39 is 0 Å². The van der Waals surface area contributed by atoms with Crippen molar-refractivity contribution in [2.45, 2.75) is 44.8 Å². The largest absolute Gasteiger partial charge is 0.380 e. The van der Waals surface area contributed by atoms with Gasteiger partial charge in [-0.15, -0.1) is 0 Å². The van der Waals surface area contributed by atoms with Crippen molar-refractivity contribution in [3.05, 3.63) is 11.5 Å². The van der Waals surface area contributed by atoms with Gasteiger partial charge in [0.2, 0.25) is 5.95 Å².